The molecule has 0 aliphatic heterocycles. The summed E-state index contributed by atoms with van der Waals surface area (Å²) in [5.41, 5.74) is 0.839. The summed E-state index contributed by atoms with van der Waals surface area (Å²) in [5.74, 6) is -0.732. The van der Waals surface area contributed by atoms with E-state index in [4.69, 9.17) is 11.6 Å². The normalized spacial score (nSPS) is 11.2. The monoisotopic (exact) mass is 314 g/mol. The number of carbonyl (C=O) groups excluding carboxylic acids is 1. The lowest BCUT2D eigenvalue weighted by Crippen LogP contribution is -2.17. The van der Waals surface area contributed by atoms with Gasteiger partial charge in [-0.15, -0.1) is 13.2 Å². The van der Waals surface area contributed by atoms with Crippen molar-refractivity contribution in [1.29, 1.82) is 0 Å². The van der Waals surface area contributed by atoms with Gasteiger partial charge in [-0.05, 0) is 29.8 Å². The first kappa shape index (κ1) is 15.4. The molecule has 0 radical (unpaired) electrons. The number of hydrogen-bond acceptors (Lipinski definition) is 2. The second kappa shape index (κ2) is 6.18. The van der Waals surface area contributed by atoms with Crippen molar-refractivity contribution >= 4 is 17.4 Å². The van der Waals surface area contributed by atoms with Gasteiger partial charge in [0.1, 0.15) is 5.75 Å². The van der Waals surface area contributed by atoms with Crippen molar-refractivity contribution in [2.45, 2.75) is 12.8 Å². The molecule has 0 bridgehead atoms. The highest BCUT2D eigenvalue weighted by atomic mass is 35.5. The van der Waals surface area contributed by atoms with Crippen LogP contribution in [0.5, 0.6) is 5.75 Å². The van der Waals surface area contributed by atoms with E-state index in [0.29, 0.717) is 10.6 Å². The molecule has 21 heavy (non-hydrogen) atoms. The number of ether oxygens (including phenoxy) is 1. The van der Waals surface area contributed by atoms with Gasteiger partial charge in [0, 0.05) is 17.0 Å². The molecular weight excluding hydrogens is 305 g/mol. The quantitative estimate of drug-likeness (QED) is 0.767. The number of Topliss-reactive ketones (excluding diaryl/α,β-unsaturated/α-hetero) is 1. The molecule has 0 saturated carbocycles. The molecule has 2 rings (SSSR count). The lowest BCUT2D eigenvalue weighted by Gasteiger charge is -2.09. The molecule has 0 spiro atoms. The lowest BCUT2D eigenvalue weighted by molar-refractivity contribution is -0.274. The highest BCUT2D eigenvalue weighted by Gasteiger charge is 2.31. The van der Waals surface area contributed by atoms with Crippen LogP contribution in [0.1, 0.15) is 15.9 Å². The standard InChI is InChI=1S/C15H10ClF3O2/c16-12-5-1-3-10(7-12)8-14(20)11-4-2-6-13(9-11)21-15(17,18)19/h1-7,9H,8H2. The van der Waals surface area contributed by atoms with Crippen molar-refractivity contribution in [1.82, 2.24) is 0 Å². The molecular formula is C15H10ClF3O2. The molecule has 0 heterocycles. The van der Waals surface area contributed by atoms with Crippen LogP contribution in [0.4, 0.5) is 13.2 Å². The van der Waals surface area contributed by atoms with Gasteiger partial charge in [0.05, 0.1) is 0 Å². The summed E-state index contributed by atoms with van der Waals surface area (Å²) in [4.78, 5) is 12.1. The van der Waals surface area contributed by atoms with Crippen LogP contribution in [0.15, 0.2) is 48.5 Å². The summed E-state index contributed by atoms with van der Waals surface area (Å²) >= 11 is 5.82. The van der Waals surface area contributed by atoms with Crippen LogP contribution < -0.4 is 4.74 Å². The van der Waals surface area contributed by atoms with Gasteiger partial charge >= 0.3 is 6.36 Å². The van der Waals surface area contributed by atoms with Crippen LogP contribution >= 0.6 is 11.6 Å². The van der Waals surface area contributed by atoms with Crippen molar-refractivity contribution in [2.24, 2.45) is 0 Å². The Morgan fingerprint density at radius 2 is 1.81 bits per heavy atom. The molecule has 0 atom stereocenters. The average molecular weight is 315 g/mol. The van der Waals surface area contributed by atoms with Crippen molar-refractivity contribution in [3.8, 4) is 5.75 Å². The van der Waals surface area contributed by atoms with Gasteiger partial charge in [0.15, 0.2) is 5.78 Å². The molecule has 0 fully saturated rings. The first-order valence-corrected chi connectivity index (χ1v) is 6.35. The summed E-state index contributed by atoms with van der Waals surface area (Å²) in [6.45, 7) is 0. The third kappa shape index (κ3) is 4.79. The number of halogens is 4. The van der Waals surface area contributed by atoms with Crippen molar-refractivity contribution < 1.29 is 22.7 Å². The lowest BCUT2D eigenvalue weighted by atomic mass is 10.0. The predicted molar refractivity (Wildman–Crippen MR) is 72.6 cm³/mol. The maximum atomic E-state index is 12.1. The topological polar surface area (TPSA) is 26.3 Å². The van der Waals surface area contributed by atoms with Gasteiger partial charge in [-0.2, -0.15) is 0 Å². The van der Waals surface area contributed by atoms with Gasteiger partial charge in [0.2, 0.25) is 0 Å². The zero-order valence-corrected chi connectivity index (χ0v) is 11.4. The van der Waals surface area contributed by atoms with E-state index in [0.717, 1.165) is 12.1 Å². The number of alkyl halides is 3. The van der Waals surface area contributed by atoms with Crippen LogP contribution in [0.25, 0.3) is 0 Å². The van der Waals surface area contributed by atoms with Crippen molar-refractivity contribution in [3.05, 3.63) is 64.7 Å². The Morgan fingerprint density at radius 1 is 1.10 bits per heavy atom. The highest BCUT2D eigenvalue weighted by molar-refractivity contribution is 6.30. The third-order valence-corrected chi connectivity index (χ3v) is 2.88. The Bertz CT molecular complexity index is 653. The molecule has 0 aliphatic rings. The molecule has 0 aromatic heterocycles. The summed E-state index contributed by atoms with van der Waals surface area (Å²) in [6.07, 6.45) is -4.73. The van der Waals surface area contributed by atoms with E-state index in [2.05, 4.69) is 4.74 Å². The summed E-state index contributed by atoms with van der Waals surface area (Å²) < 4.78 is 40.2. The number of hydrogen-bond donors (Lipinski definition) is 0. The molecule has 110 valence electrons. The molecule has 6 heteroatoms. The van der Waals surface area contributed by atoms with Crippen LogP contribution in [0.2, 0.25) is 5.02 Å². The number of benzene rings is 2. The van der Waals surface area contributed by atoms with E-state index in [1.54, 1.807) is 24.3 Å². The van der Waals surface area contributed by atoms with Crippen LogP contribution in [-0.4, -0.2) is 12.1 Å². The second-order valence-electron chi connectivity index (χ2n) is 4.31. The van der Waals surface area contributed by atoms with E-state index in [9.17, 15) is 18.0 Å². The SMILES string of the molecule is O=C(Cc1cccc(Cl)c1)c1cccc(OC(F)(F)F)c1. The first-order valence-electron chi connectivity index (χ1n) is 5.97. The van der Waals surface area contributed by atoms with Crippen LogP contribution in [0, 0.1) is 0 Å². The van der Waals surface area contributed by atoms with Gasteiger partial charge in [-0.25, -0.2) is 0 Å². The van der Waals surface area contributed by atoms with Crippen molar-refractivity contribution in [2.75, 3.05) is 0 Å². The first-order chi connectivity index (χ1) is 9.83. The molecule has 0 aliphatic carbocycles. The predicted octanol–water partition coefficient (Wildman–Crippen LogP) is 4.66. The fourth-order valence-corrected chi connectivity index (χ4v) is 2.01. The average Bonchev–Trinajstić information content (AvgIpc) is 2.37. The van der Waals surface area contributed by atoms with Gasteiger partial charge < -0.3 is 4.74 Å². The number of carbonyl (C=O) groups is 1. The zero-order chi connectivity index (χ0) is 15.5. The molecule has 2 aromatic carbocycles. The summed E-state index contributed by atoms with van der Waals surface area (Å²) in [6, 6.07) is 11.7. The minimum absolute atomic E-state index is 0.0516. The molecule has 2 aromatic rings. The molecule has 0 N–H and O–H groups in total. The third-order valence-electron chi connectivity index (χ3n) is 2.64. The Morgan fingerprint density at radius 3 is 2.48 bits per heavy atom. The van der Waals surface area contributed by atoms with E-state index in [1.807, 2.05) is 0 Å². The van der Waals surface area contributed by atoms with Crippen molar-refractivity contribution in [3.63, 3.8) is 0 Å². The van der Waals surface area contributed by atoms with E-state index in [-0.39, 0.29) is 17.8 Å². The fraction of sp³-hybridized carbons (Fsp3) is 0.133. The van der Waals surface area contributed by atoms with Crippen LogP contribution in [-0.2, 0) is 6.42 Å². The molecule has 2 nitrogen and oxygen atoms in total. The maximum Gasteiger partial charge on any atom is 0.573 e. The number of ketones is 1. The Labute approximate surface area is 124 Å². The van der Waals surface area contributed by atoms with Crippen LogP contribution in [0.3, 0.4) is 0 Å². The minimum Gasteiger partial charge on any atom is -0.406 e. The Balaban J connectivity index is 2.14. The van der Waals surface area contributed by atoms with E-state index in [1.165, 1.54) is 12.1 Å². The largest absolute Gasteiger partial charge is 0.573 e. The van der Waals surface area contributed by atoms with E-state index >= 15 is 0 Å². The minimum atomic E-state index is -4.78. The molecule has 0 unspecified atom stereocenters. The molecule has 0 saturated heterocycles. The smallest absolute Gasteiger partial charge is 0.406 e. The maximum absolute atomic E-state index is 12.1. The van der Waals surface area contributed by atoms with Gasteiger partial charge in [0.25, 0.3) is 0 Å². The fourth-order valence-electron chi connectivity index (χ4n) is 1.80. The zero-order valence-electron chi connectivity index (χ0n) is 10.7. The highest BCUT2D eigenvalue weighted by Crippen LogP contribution is 2.24. The van der Waals surface area contributed by atoms with E-state index < -0.39 is 12.1 Å². The summed E-state index contributed by atoms with van der Waals surface area (Å²) in [5, 5.41) is 0.495. The van der Waals surface area contributed by atoms with Gasteiger partial charge in [-0.1, -0.05) is 35.9 Å². The number of rotatable bonds is 4. The Hall–Kier alpha value is -2.01. The Kier molecular flexibility index (Phi) is 4.53. The summed E-state index contributed by atoms with van der Waals surface area (Å²) in [7, 11) is 0. The molecule has 0 amide bonds. The second-order valence-corrected chi connectivity index (χ2v) is 4.74. The van der Waals surface area contributed by atoms with Gasteiger partial charge in [-0.3, -0.25) is 4.79 Å².